The van der Waals surface area contributed by atoms with Gasteiger partial charge in [-0.1, -0.05) is 12.2 Å². The third-order valence-electron chi connectivity index (χ3n) is 3.47. The molecule has 1 aromatic rings. The molecule has 5 nitrogen and oxygen atoms in total. The van der Waals surface area contributed by atoms with E-state index in [9.17, 15) is 0 Å². The van der Waals surface area contributed by atoms with Gasteiger partial charge in [0, 0.05) is 13.7 Å². The molecule has 0 bridgehead atoms. The van der Waals surface area contributed by atoms with Gasteiger partial charge in [0.2, 0.25) is 0 Å². The van der Waals surface area contributed by atoms with Crippen LogP contribution in [0.5, 0.6) is 0 Å². The molecule has 0 aliphatic carbocycles. The number of aromatic nitrogens is 2. The number of rotatable bonds is 3. The molecular weight excluding hydrogens is 248 g/mol. The quantitative estimate of drug-likeness (QED) is 0.822. The lowest BCUT2D eigenvalue weighted by Crippen LogP contribution is -2.35. The van der Waals surface area contributed by atoms with E-state index in [0.717, 1.165) is 35.7 Å². The van der Waals surface area contributed by atoms with Crippen molar-refractivity contribution in [2.75, 3.05) is 25.2 Å². The van der Waals surface area contributed by atoms with Crippen molar-refractivity contribution in [3.8, 4) is 0 Å². The van der Waals surface area contributed by atoms with Crippen LogP contribution in [-0.4, -0.2) is 41.5 Å². The molecule has 1 saturated heterocycles. The number of hydrogen-bond acceptors (Lipinski definition) is 5. The molecule has 1 aliphatic heterocycles. The molecule has 0 saturated carbocycles. The van der Waals surface area contributed by atoms with Crippen LogP contribution in [0.3, 0.4) is 0 Å². The molecule has 2 rings (SSSR count). The Kier molecular flexibility index (Phi) is 3.77. The zero-order valence-electron chi connectivity index (χ0n) is 10.9. The van der Waals surface area contributed by atoms with Crippen LogP contribution in [0, 0.1) is 13.8 Å². The predicted octanol–water partition coefficient (Wildman–Crippen LogP) is 0.953. The monoisotopic (exact) mass is 266 g/mol. The van der Waals surface area contributed by atoms with Gasteiger partial charge in [-0.3, -0.25) is 0 Å². The molecule has 0 radical (unpaired) electrons. The van der Waals surface area contributed by atoms with Crippen LogP contribution in [0.25, 0.3) is 0 Å². The van der Waals surface area contributed by atoms with E-state index in [2.05, 4.69) is 15.1 Å². The third kappa shape index (κ3) is 2.30. The van der Waals surface area contributed by atoms with E-state index in [-0.39, 0.29) is 0 Å². The van der Waals surface area contributed by atoms with E-state index < -0.39 is 0 Å². The van der Waals surface area contributed by atoms with Gasteiger partial charge in [-0.05, 0) is 25.8 Å². The first kappa shape index (κ1) is 13.2. The lowest BCUT2D eigenvalue weighted by molar-refractivity contribution is 0.193. The predicted molar refractivity (Wildman–Crippen MR) is 75.0 cm³/mol. The summed E-state index contributed by atoms with van der Waals surface area (Å²) >= 11 is 5.14. The summed E-state index contributed by atoms with van der Waals surface area (Å²) in [6.45, 7) is 5.38. The van der Waals surface area contributed by atoms with Crippen LogP contribution in [0.1, 0.15) is 23.2 Å². The van der Waals surface area contributed by atoms with Crippen molar-refractivity contribution in [2.45, 2.75) is 26.3 Å². The number of thiocarbonyl (C=S) groups is 1. The summed E-state index contributed by atoms with van der Waals surface area (Å²) in [4.78, 5) is 2.44. The van der Waals surface area contributed by atoms with Crippen molar-refractivity contribution in [2.24, 2.45) is 5.73 Å². The Morgan fingerprint density at radius 3 is 2.72 bits per heavy atom. The normalized spacial score (nSPS) is 18.9. The highest BCUT2D eigenvalue weighted by Gasteiger charge is 2.25. The summed E-state index contributed by atoms with van der Waals surface area (Å²) in [5, 5.41) is 8.42. The van der Waals surface area contributed by atoms with Gasteiger partial charge in [0.25, 0.3) is 0 Å². The molecule has 18 heavy (non-hydrogen) atoms. The molecule has 1 unspecified atom stereocenters. The van der Waals surface area contributed by atoms with Crippen molar-refractivity contribution < 1.29 is 4.74 Å². The molecule has 1 atom stereocenters. The highest BCUT2D eigenvalue weighted by Crippen LogP contribution is 2.24. The van der Waals surface area contributed by atoms with E-state index in [1.807, 2.05) is 20.9 Å². The fourth-order valence-corrected chi connectivity index (χ4v) is 2.38. The first-order chi connectivity index (χ1) is 8.52. The Labute approximate surface area is 112 Å². The molecule has 2 N–H and O–H groups in total. The first-order valence-electron chi connectivity index (χ1n) is 5.96. The van der Waals surface area contributed by atoms with Crippen molar-refractivity contribution >= 4 is 23.0 Å². The topological polar surface area (TPSA) is 64.3 Å². The lowest BCUT2D eigenvalue weighted by Gasteiger charge is -2.26. The van der Waals surface area contributed by atoms with Crippen LogP contribution >= 0.6 is 12.2 Å². The van der Waals surface area contributed by atoms with Gasteiger partial charge in [0.05, 0.1) is 23.9 Å². The van der Waals surface area contributed by atoms with Gasteiger partial charge in [-0.25, -0.2) is 0 Å². The minimum absolute atomic E-state index is 0.314. The lowest BCUT2D eigenvalue weighted by atomic mass is 10.1. The Bertz CT molecular complexity index is 471. The Morgan fingerprint density at radius 1 is 1.44 bits per heavy atom. The number of hydrogen-bond donors (Lipinski definition) is 1. The average molecular weight is 266 g/mol. The maximum absolute atomic E-state index is 5.83. The van der Waals surface area contributed by atoms with Crippen molar-refractivity contribution in [3.63, 3.8) is 0 Å². The molecule has 98 valence electrons. The van der Waals surface area contributed by atoms with Crippen LogP contribution in [0.15, 0.2) is 0 Å². The van der Waals surface area contributed by atoms with Crippen molar-refractivity contribution in [1.29, 1.82) is 0 Å². The molecule has 2 heterocycles. The van der Waals surface area contributed by atoms with Crippen molar-refractivity contribution in [3.05, 3.63) is 16.8 Å². The molecule has 0 spiro atoms. The van der Waals surface area contributed by atoms with Gasteiger partial charge >= 0.3 is 0 Å². The second-order valence-electron chi connectivity index (χ2n) is 4.60. The summed E-state index contributed by atoms with van der Waals surface area (Å²) < 4.78 is 5.40. The summed E-state index contributed by atoms with van der Waals surface area (Å²) in [5.41, 5.74) is 8.51. The Morgan fingerprint density at radius 2 is 2.17 bits per heavy atom. The number of aryl methyl sites for hydroxylation is 1. The van der Waals surface area contributed by atoms with Gasteiger partial charge in [0.1, 0.15) is 4.99 Å². The fraction of sp³-hybridized carbons (Fsp3) is 0.583. The SMILES string of the molecule is Cc1nnc(N(C)C2CCOC2)c(C(N)=S)c1C. The average Bonchev–Trinajstić information content (AvgIpc) is 2.84. The summed E-state index contributed by atoms with van der Waals surface area (Å²) in [6, 6.07) is 0.314. The molecular formula is C12H18N4OS. The molecule has 1 fully saturated rings. The van der Waals surface area contributed by atoms with Crippen molar-refractivity contribution in [1.82, 2.24) is 10.2 Å². The van der Waals surface area contributed by atoms with Crippen LogP contribution in [-0.2, 0) is 4.74 Å². The minimum Gasteiger partial charge on any atom is -0.389 e. The maximum atomic E-state index is 5.83. The van der Waals surface area contributed by atoms with Crippen LogP contribution in [0.2, 0.25) is 0 Å². The fourth-order valence-electron chi connectivity index (χ4n) is 2.14. The summed E-state index contributed by atoms with van der Waals surface area (Å²) in [6.07, 6.45) is 0.988. The number of ether oxygens (including phenoxy) is 1. The second-order valence-corrected chi connectivity index (χ2v) is 5.04. The molecule has 0 aromatic carbocycles. The van der Waals surface area contributed by atoms with E-state index >= 15 is 0 Å². The first-order valence-corrected chi connectivity index (χ1v) is 6.37. The highest BCUT2D eigenvalue weighted by molar-refractivity contribution is 7.80. The Hall–Kier alpha value is -1.27. The Balaban J connectivity index is 2.43. The van der Waals surface area contributed by atoms with Gasteiger partial charge < -0.3 is 15.4 Å². The van der Waals surface area contributed by atoms with E-state index in [1.54, 1.807) is 0 Å². The zero-order chi connectivity index (χ0) is 13.3. The molecule has 1 aliphatic rings. The minimum atomic E-state index is 0.314. The van der Waals surface area contributed by atoms with E-state index in [1.165, 1.54) is 0 Å². The smallest absolute Gasteiger partial charge is 0.161 e. The van der Waals surface area contributed by atoms with Gasteiger partial charge in [-0.2, -0.15) is 5.10 Å². The third-order valence-corrected chi connectivity index (χ3v) is 3.67. The van der Waals surface area contributed by atoms with Gasteiger partial charge in [0.15, 0.2) is 5.82 Å². The maximum Gasteiger partial charge on any atom is 0.161 e. The standard InChI is InChI=1S/C12H18N4OS/c1-7-8(2)14-15-12(10(7)11(13)18)16(3)9-4-5-17-6-9/h9H,4-6H2,1-3H3,(H2,13,18). The highest BCUT2D eigenvalue weighted by atomic mass is 32.1. The van der Waals surface area contributed by atoms with E-state index in [0.29, 0.717) is 17.6 Å². The van der Waals surface area contributed by atoms with Gasteiger partial charge in [-0.15, -0.1) is 5.10 Å². The number of nitrogens with two attached hydrogens (primary N) is 1. The summed E-state index contributed by atoms with van der Waals surface area (Å²) in [5.74, 6) is 0.751. The zero-order valence-corrected chi connectivity index (χ0v) is 11.8. The molecule has 0 amide bonds. The molecule has 1 aromatic heterocycles. The number of anilines is 1. The van der Waals surface area contributed by atoms with Crippen LogP contribution < -0.4 is 10.6 Å². The molecule has 6 heteroatoms. The second kappa shape index (κ2) is 5.16. The number of nitrogens with zero attached hydrogens (tertiary/aromatic N) is 3. The summed E-state index contributed by atoms with van der Waals surface area (Å²) in [7, 11) is 1.99. The largest absolute Gasteiger partial charge is 0.389 e. The van der Waals surface area contributed by atoms with Crippen LogP contribution in [0.4, 0.5) is 5.82 Å². The van der Waals surface area contributed by atoms with E-state index in [4.69, 9.17) is 22.7 Å². The number of likely N-dealkylation sites (N-methyl/N-ethyl adjacent to an activating group) is 1.